The van der Waals surface area contributed by atoms with Crippen molar-refractivity contribution in [3.63, 3.8) is 0 Å². The van der Waals surface area contributed by atoms with Crippen LogP contribution in [0.25, 0.3) is 10.9 Å². The lowest BCUT2D eigenvalue weighted by molar-refractivity contribution is 0.112. The van der Waals surface area contributed by atoms with Crippen molar-refractivity contribution in [1.29, 1.82) is 0 Å². The zero-order chi connectivity index (χ0) is 17.6. The van der Waals surface area contributed by atoms with E-state index in [0.717, 1.165) is 19.6 Å². The van der Waals surface area contributed by atoms with Crippen LogP contribution in [0.4, 0.5) is 10.1 Å². The molecule has 0 spiro atoms. The Morgan fingerprint density at radius 3 is 2.92 bits per heavy atom. The molecule has 2 unspecified atom stereocenters. The Balaban J connectivity index is 1.82. The van der Waals surface area contributed by atoms with Crippen molar-refractivity contribution in [2.75, 3.05) is 24.5 Å². The largest absolute Gasteiger partial charge is 0.367 e. The van der Waals surface area contributed by atoms with Crippen LogP contribution in [0.1, 0.15) is 30.1 Å². The minimum Gasteiger partial charge on any atom is -0.367 e. The maximum Gasteiger partial charge on any atom is 0.199 e. The van der Waals surface area contributed by atoms with E-state index in [1.807, 2.05) is 11.5 Å². The molecule has 1 aromatic carbocycles. The zero-order valence-corrected chi connectivity index (χ0v) is 14.3. The Morgan fingerprint density at radius 1 is 1.36 bits per heavy atom. The summed E-state index contributed by atoms with van der Waals surface area (Å²) in [6.07, 6.45) is 4.44. The predicted octanol–water partition coefficient (Wildman–Crippen LogP) is 2.16. The molecule has 2 atom stereocenters. The summed E-state index contributed by atoms with van der Waals surface area (Å²) in [6.45, 7) is 5.20. The summed E-state index contributed by atoms with van der Waals surface area (Å²) >= 11 is 0. The molecule has 0 amide bonds. The first-order valence-electron chi connectivity index (χ1n) is 8.92. The van der Waals surface area contributed by atoms with E-state index >= 15 is 0 Å². The molecule has 4 rings (SSSR count). The molecule has 0 aliphatic carbocycles. The van der Waals surface area contributed by atoms with Gasteiger partial charge in [0.2, 0.25) is 0 Å². The fourth-order valence-corrected chi connectivity index (χ4v) is 4.25. The number of aryl methyl sites for hydroxylation is 1. The number of nitrogens with zero attached hydrogens (tertiary/aromatic N) is 2. The minimum absolute atomic E-state index is 0.0675. The van der Waals surface area contributed by atoms with Gasteiger partial charge in [-0.15, -0.1) is 0 Å². The van der Waals surface area contributed by atoms with Crippen molar-refractivity contribution in [2.45, 2.75) is 32.4 Å². The van der Waals surface area contributed by atoms with Gasteiger partial charge in [0, 0.05) is 37.3 Å². The van der Waals surface area contributed by atoms with Crippen molar-refractivity contribution in [2.24, 2.45) is 5.92 Å². The molecule has 2 saturated heterocycles. The molecule has 1 aromatic heterocycles. The predicted molar refractivity (Wildman–Crippen MR) is 96.0 cm³/mol. The van der Waals surface area contributed by atoms with Gasteiger partial charge in [-0.05, 0) is 44.4 Å². The van der Waals surface area contributed by atoms with E-state index in [0.29, 0.717) is 36.0 Å². The number of hydrogen-bond acceptors (Lipinski definition) is 4. The fraction of sp³-hybridized carbons (Fsp3) is 0.474. The molecule has 1 N–H and O–H groups in total. The minimum atomic E-state index is -0.406. The molecule has 2 aliphatic rings. The number of rotatable bonds is 3. The van der Waals surface area contributed by atoms with Gasteiger partial charge in [0.25, 0.3) is 0 Å². The third-order valence-electron chi connectivity index (χ3n) is 5.58. The fourth-order valence-electron chi connectivity index (χ4n) is 4.25. The van der Waals surface area contributed by atoms with Crippen molar-refractivity contribution >= 4 is 22.9 Å². The first kappa shape index (κ1) is 16.3. The number of fused-ring (bicyclic) bond motifs is 2. The van der Waals surface area contributed by atoms with E-state index in [1.54, 1.807) is 12.3 Å². The Bertz CT molecular complexity index is 878. The van der Waals surface area contributed by atoms with E-state index in [-0.39, 0.29) is 10.9 Å². The highest BCUT2D eigenvalue weighted by molar-refractivity contribution is 5.88. The number of hydrogen-bond donors (Lipinski definition) is 1. The smallest absolute Gasteiger partial charge is 0.199 e. The highest BCUT2D eigenvalue weighted by Crippen LogP contribution is 2.32. The third-order valence-corrected chi connectivity index (χ3v) is 5.58. The van der Waals surface area contributed by atoms with Gasteiger partial charge in [-0.1, -0.05) is 0 Å². The number of anilines is 1. The first-order chi connectivity index (χ1) is 12.1. The van der Waals surface area contributed by atoms with Crippen LogP contribution in [0, 0.1) is 11.7 Å². The summed E-state index contributed by atoms with van der Waals surface area (Å²) in [7, 11) is 0. The van der Waals surface area contributed by atoms with Crippen molar-refractivity contribution in [3.05, 3.63) is 39.9 Å². The van der Waals surface area contributed by atoms with Crippen LogP contribution < -0.4 is 15.6 Å². The Morgan fingerprint density at radius 2 is 2.20 bits per heavy atom. The average molecular weight is 343 g/mol. The number of piperidine rings is 1. The molecular weight excluding hydrogens is 321 g/mol. The quantitative estimate of drug-likeness (QED) is 0.868. The van der Waals surface area contributed by atoms with Gasteiger partial charge in [-0.3, -0.25) is 9.59 Å². The SMILES string of the molecule is CCn1cc(C=O)c(=O)c2cc(F)c(N3CC4CCCNC4C3)cc21. The van der Waals surface area contributed by atoms with Gasteiger partial charge < -0.3 is 14.8 Å². The van der Waals surface area contributed by atoms with Crippen LogP contribution in [0.15, 0.2) is 23.1 Å². The Hall–Kier alpha value is -2.21. The molecule has 2 aromatic rings. The van der Waals surface area contributed by atoms with Crippen molar-refractivity contribution in [1.82, 2.24) is 9.88 Å². The van der Waals surface area contributed by atoms with Crippen LogP contribution >= 0.6 is 0 Å². The monoisotopic (exact) mass is 343 g/mol. The van der Waals surface area contributed by atoms with Gasteiger partial charge in [0.15, 0.2) is 11.7 Å². The molecule has 0 saturated carbocycles. The molecule has 2 fully saturated rings. The van der Waals surface area contributed by atoms with E-state index in [2.05, 4.69) is 10.2 Å². The summed E-state index contributed by atoms with van der Waals surface area (Å²) < 4.78 is 16.6. The van der Waals surface area contributed by atoms with E-state index in [9.17, 15) is 14.0 Å². The molecular formula is C19H22FN3O2. The van der Waals surface area contributed by atoms with Gasteiger partial charge in [0.1, 0.15) is 5.82 Å². The second kappa shape index (κ2) is 6.26. The zero-order valence-electron chi connectivity index (χ0n) is 14.3. The number of nitrogens with one attached hydrogen (secondary N) is 1. The summed E-state index contributed by atoms with van der Waals surface area (Å²) in [4.78, 5) is 25.6. The van der Waals surface area contributed by atoms with E-state index < -0.39 is 11.2 Å². The maximum absolute atomic E-state index is 14.8. The molecule has 2 aliphatic heterocycles. The first-order valence-corrected chi connectivity index (χ1v) is 8.92. The molecule has 6 heteroatoms. The Labute approximate surface area is 145 Å². The number of pyridine rings is 1. The van der Waals surface area contributed by atoms with Crippen LogP contribution in [0.5, 0.6) is 0 Å². The molecule has 3 heterocycles. The number of aldehydes is 1. The standard InChI is InChI=1S/C19H22FN3O2/c1-2-22-9-13(11-24)19(25)14-6-15(20)18(7-17(14)22)23-8-12-4-3-5-21-16(12)10-23/h6-7,9,11-12,16,21H,2-5,8,10H2,1H3. The lowest BCUT2D eigenvalue weighted by atomic mass is 9.94. The van der Waals surface area contributed by atoms with Crippen molar-refractivity contribution < 1.29 is 9.18 Å². The van der Waals surface area contributed by atoms with Gasteiger partial charge in [-0.25, -0.2) is 4.39 Å². The lowest BCUT2D eigenvalue weighted by Gasteiger charge is -2.24. The van der Waals surface area contributed by atoms with Crippen LogP contribution in [-0.4, -0.2) is 36.5 Å². The van der Waals surface area contributed by atoms with Crippen LogP contribution in [-0.2, 0) is 6.54 Å². The van der Waals surface area contributed by atoms with Gasteiger partial charge >= 0.3 is 0 Å². The third kappa shape index (κ3) is 2.65. The molecule has 25 heavy (non-hydrogen) atoms. The summed E-state index contributed by atoms with van der Waals surface area (Å²) in [5, 5.41) is 3.79. The average Bonchev–Trinajstić information content (AvgIpc) is 3.06. The molecule has 0 radical (unpaired) electrons. The van der Waals surface area contributed by atoms with E-state index in [4.69, 9.17) is 0 Å². The second-order valence-corrected chi connectivity index (χ2v) is 7.01. The number of aromatic nitrogens is 1. The number of carbonyl (C=O) groups excluding carboxylic acids is 1. The summed E-state index contributed by atoms with van der Waals surface area (Å²) in [5.74, 6) is 0.156. The second-order valence-electron chi connectivity index (χ2n) is 7.01. The van der Waals surface area contributed by atoms with Gasteiger partial charge in [-0.2, -0.15) is 0 Å². The highest BCUT2D eigenvalue weighted by atomic mass is 19.1. The molecule has 0 bridgehead atoms. The summed E-state index contributed by atoms with van der Waals surface area (Å²) in [5.41, 5.74) is 0.885. The lowest BCUT2D eigenvalue weighted by Crippen LogP contribution is -2.40. The number of halogens is 1. The number of carbonyl (C=O) groups is 1. The van der Waals surface area contributed by atoms with E-state index in [1.165, 1.54) is 18.9 Å². The molecule has 5 nitrogen and oxygen atoms in total. The number of benzene rings is 1. The van der Waals surface area contributed by atoms with Crippen LogP contribution in [0.2, 0.25) is 0 Å². The Kier molecular flexibility index (Phi) is 4.07. The highest BCUT2D eigenvalue weighted by Gasteiger charge is 2.35. The summed E-state index contributed by atoms with van der Waals surface area (Å²) in [6, 6.07) is 3.47. The van der Waals surface area contributed by atoms with Gasteiger partial charge in [0.05, 0.1) is 16.8 Å². The van der Waals surface area contributed by atoms with Crippen molar-refractivity contribution in [3.8, 4) is 0 Å². The maximum atomic E-state index is 14.8. The van der Waals surface area contributed by atoms with Crippen LogP contribution in [0.3, 0.4) is 0 Å². The normalized spacial score (nSPS) is 23.0. The molecule has 132 valence electrons. The topological polar surface area (TPSA) is 54.3 Å².